The lowest BCUT2D eigenvalue weighted by atomic mass is 10.1. The van der Waals surface area contributed by atoms with Crippen LogP contribution in [0.2, 0.25) is 0 Å². The van der Waals surface area contributed by atoms with Gasteiger partial charge in [0.25, 0.3) is 0 Å². The molecule has 0 saturated carbocycles. The maximum atomic E-state index is 5.52. The molecule has 72 valence electrons. The molecule has 1 aromatic heterocycles. The maximum Gasteiger partial charge on any atom is 0.130 e. The molecule has 2 rings (SSSR count). The summed E-state index contributed by atoms with van der Waals surface area (Å²) in [7, 11) is 0. The molecule has 0 fully saturated rings. The SMILES string of the molecule is CCOc1ccnc2cc(C)ccc12. The molecule has 0 unspecified atom stereocenters. The first-order valence-electron chi connectivity index (χ1n) is 4.79. The Kier molecular flexibility index (Phi) is 2.35. The Balaban J connectivity index is 2.62. The number of aromatic nitrogens is 1. The number of pyridine rings is 1. The van der Waals surface area contributed by atoms with Crippen molar-refractivity contribution in [2.75, 3.05) is 6.61 Å². The van der Waals surface area contributed by atoms with Gasteiger partial charge >= 0.3 is 0 Å². The summed E-state index contributed by atoms with van der Waals surface area (Å²) in [6, 6.07) is 8.11. The average Bonchev–Trinajstić information content (AvgIpc) is 2.18. The highest BCUT2D eigenvalue weighted by molar-refractivity contribution is 5.85. The molecule has 0 aliphatic heterocycles. The number of fused-ring (bicyclic) bond motifs is 1. The van der Waals surface area contributed by atoms with Crippen LogP contribution >= 0.6 is 0 Å². The van der Waals surface area contributed by atoms with E-state index in [0.29, 0.717) is 6.61 Å². The van der Waals surface area contributed by atoms with Crippen molar-refractivity contribution in [2.45, 2.75) is 13.8 Å². The standard InChI is InChI=1S/C12H13NO/c1-3-14-12-6-7-13-11-8-9(2)4-5-10(11)12/h4-8H,3H2,1-2H3. The van der Waals surface area contributed by atoms with Crippen molar-refractivity contribution < 1.29 is 4.74 Å². The lowest BCUT2D eigenvalue weighted by Crippen LogP contribution is -1.93. The van der Waals surface area contributed by atoms with Crippen LogP contribution in [0.25, 0.3) is 10.9 Å². The Morgan fingerprint density at radius 2 is 2.14 bits per heavy atom. The van der Waals surface area contributed by atoms with Crippen molar-refractivity contribution in [2.24, 2.45) is 0 Å². The molecular formula is C12H13NO. The molecule has 0 spiro atoms. The lowest BCUT2D eigenvalue weighted by Gasteiger charge is -2.06. The molecule has 14 heavy (non-hydrogen) atoms. The first kappa shape index (κ1) is 9.00. The molecule has 0 radical (unpaired) electrons. The topological polar surface area (TPSA) is 22.1 Å². The van der Waals surface area contributed by atoms with Gasteiger partial charge < -0.3 is 4.74 Å². The smallest absolute Gasteiger partial charge is 0.130 e. The van der Waals surface area contributed by atoms with Gasteiger partial charge in [-0.3, -0.25) is 4.98 Å². The molecule has 0 bridgehead atoms. The molecule has 2 heteroatoms. The number of hydrogen-bond acceptors (Lipinski definition) is 2. The Morgan fingerprint density at radius 3 is 2.93 bits per heavy atom. The predicted octanol–water partition coefficient (Wildman–Crippen LogP) is 2.94. The van der Waals surface area contributed by atoms with Crippen LogP contribution < -0.4 is 4.74 Å². The van der Waals surface area contributed by atoms with E-state index >= 15 is 0 Å². The molecule has 1 aromatic carbocycles. The summed E-state index contributed by atoms with van der Waals surface area (Å²) in [6.07, 6.45) is 1.78. The highest BCUT2D eigenvalue weighted by Gasteiger charge is 2.01. The van der Waals surface area contributed by atoms with Gasteiger partial charge in [0.1, 0.15) is 5.75 Å². The number of aryl methyl sites for hydroxylation is 1. The van der Waals surface area contributed by atoms with E-state index in [9.17, 15) is 0 Å². The maximum absolute atomic E-state index is 5.52. The third-order valence-corrected chi connectivity index (χ3v) is 2.16. The van der Waals surface area contributed by atoms with Crippen LogP contribution in [0.15, 0.2) is 30.5 Å². The van der Waals surface area contributed by atoms with Crippen LogP contribution in [0.4, 0.5) is 0 Å². The first-order valence-corrected chi connectivity index (χ1v) is 4.79. The molecule has 0 atom stereocenters. The fourth-order valence-corrected chi connectivity index (χ4v) is 1.51. The summed E-state index contributed by atoms with van der Waals surface area (Å²) >= 11 is 0. The molecule has 2 aromatic rings. The second-order valence-electron chi connectivity index (χ2n) is 3.26. The minimum Gasteiger partial charge on any atom is -0.493 e. The van der Waals surface area contributed by atoms with Crippen molar-refractivity contribution in [3.8, 4) is 5.75 Å². The van der Waals surface area contributed by atoms with Gasteiger partial charge in [0.2, 0.25) is 0 Å². The van der Waals surface area contributed by atoms with Crippen LogP contribution in [0.1, 0.15) is 12.5 Å². The quantitative estimate of drug-likeness (QED) is 0.721. The Labute approximate surface area is 83.5 Å². The molecule has 1 heterocycles. The number of rotatable bonds is 2. The number of nitrogens with zero attached hydrogens (tertiary/aromatic N) is 1. The van der Waals surface area contributed by atoms with Gasteiger partial charge in [-0.15, -0.1) is 0 Å². The molecule has 0 aliphatic carbocycles. The van der Waals surface area contributed by atoms with Gasteiger partial charge in [0, 0.05) is 11.6 Å². The van der Waals surface area contributed by atoms with Crippen molar-refractivity contribution in [3.63, 3.8) is 0 Å². The highest BCUT2D eigenvalue weighted by Crippen LogP contribution is 2.24. The van der Waals surface area contributed by atoms with E-state index in [1.54, 1.807) is 6.20 Å². The van der Waals surface area contributed by atoms with E-state index in [2.05, 4.69) is 30.1 Å². The second-order valence-corrected chi connectivity index (χ2v) is 3.26. The van der Waals surface area contributed by atoms with Crippen LogP contribution in [0.3, 0.4) is 0 Å². The Morgan fingerprint density at radius 1 is 1.29 bits per heavy atom. The van der Waals surface area contributed by atoms with E-state index < -0.39 is 0 Å². The highest BCUT2D eigenvalue weighted by atomic mass is 16.5. The van der Waals surface area contributed by atoms with E-state index in [1.165, 1.54) is 5.56 Å². The minimum absolute atomic E-state index is 0.687. The third kappa shape index (κ3) is 1.55. The number of benzene rings is 1. The van der Waals surface area contributed by atoms with Gasteiger partial charge in [-0.1, -0.05) is 6.07 Å². The zero-order valence-corrected chi connectivity index (χ0v) is 8.45. The van der Waals surface area contributed by atoms with Gasteiger partial charge in [-0.05, 0) is 37.6 Å². The van der Waals surface area contributed by atoms with E-state index in [4.69, 9.17) is 4.74 Å². The summed E-state index contributed by atoms with van der Waals surface area (Å²) in [5.74, 6) is 0.914. The summed E-state index contributed by atoms with van der Waals surface area (Å²) in [4.78, 5) is 4.30. The Bertz CT molecular complexity index is 451. The van der Waals surface area contributed by atoms with Crippen LogP contribution in [-0.2, 0) is 0 Å². The van der Waals surface area contributed by atoms with E-state index in [0.717, 1.165) is 16.7 Å². The van der Waals surface area contributed by atoms with Crippen molar-refractivity contribution >= 4 is 10.9 Å². The van der Waals surface area contributed by atoms with Crippen LogP contribution in [0.5, 0.6) is 5.75 Å². The fourth-order valence-electron chi connectivity index (χ4n) is 1.51. The summed E-state index contributed by atoms with van der Waals surface area (Å²) in [5, 5.41) is 1.08. The minimum atomic E-state index is 0.687. The fraction of sp³-hybridized carbons (Fsp3) is 0.250. The second kappa shape index (κ2) is 3.66. The molecule has 0 N–H and O–H groups in total. The van der Waals surface area contributed by atoms with Gasteiger partial charge in [0.15, 0.2) is 0 Å². The summed E-state index contributed by atoms with van der Waals surface area (Å²) < 4.78 is 5.52. The van der Waals surface area contributed by atoms with E-state index in [-0.39, 0.29) is 0 Å². The van der Waals surface area contributed by atoms with Crippen LogP contribution in [0, 0.1) is 6.92 Å². The predicted molar refractivity (Wildman–Crippen MR) is 57.6 cm³/mol. The Hall–Kier alpha value is -1.57. The van der Waals surface area contributed by atoms with Gasteiger partial charge in [0.05, 0.1) is 12.1 Å². The zero-order chi connectivity index (χ0) is 9.97. The van der Waals surface area contributed by atoms with Gasteiger partial charge in [-0.25, -0.2) is 0 Å². The molecule has 2 nitrogen and oxygen atoms in total. The summed E-state index contributed by atoms with van der Waals surface area (Å²) in [6.45, 7) is 4.74. The van der Waals surface area contributed by atoms with Crippen molar-refractivity contribution in [1.29, 1.82) is 0 Å². The normalized spacial score (nSPS) is 10.4. The molecule has 0 amide bonds. The molecule has 0 saturated heterocycles. The van der Waals surface area contributed by atoms with Crippen LogP contribution in [-0.4, -0.2) is 11.6 Å². The van der Waals surface area contributed by atoms with Crippen molar-refractivity contribution in [3.05, 3.63) is 36.0 Å². The van der Waals surface area contributed by atoms with Gasteiger partial charge in [-0.2, -0.15) is 0 Å². The molecule has 0 aliphatic rings. The zero-order valence-electron chi connectivity index (χ0n) is 8.45. The van der Waals surface area contributed by atoms with Crippen molar-refractivity contribution in [1.82, 2.24) is 4.98 Å². The third-order valence-electron chi connectivity index (χ3n) is 2.16. The van der Waals surface area contributed by atoms with E-state index in [1.807, 2.05) is 13.0 Å². The lowest BCUT2D eigenvalue weighted by molar-refractivity contribution is 0.344. The molecular weight excluding hydrogens is 174 g/mol. The largest absolute Gasteiger partial charge is 0.493 e. The first-order chi connectivity index (χ1) is 6.81. The number of hydrogen-bond donors (Lipinski definition) is 0. The monoisotopic (exact) mass is 187 g/mol. The summed E-state index contributed by atoms with van der Waals surface area (Å²) in [5.41, 5.74) is 2.22. The number of ether oxygens (including phenoxy) is 1. The average molecular weight is 187 g/mol.